The summed E-state index contributed by atoms with van der Waals surface area (Å²) in [4.78, 5) is 36.9. The molecule has 6 rings (SSSR count). The zero-order valence-electron chi connectivity index (χ0n) is 23.4. The van der Waals surface area contributed by atoms with Crippen LogP contribution in [0.25, 0.3) is 21.6 Å². The molecule has 2 aromatic carbocycles. The summed E-state index contributed by atoms with van der Waals surface area (Å²) in [7, 11) is 1.65. The summed E-state index contributed by atoms with van der Waals surface area (Å²) in [5.74, 6) is -0.602. The van der Waals surface area contributed by atoms with Crippen molar-refractivity contribution < 1.29 is 27.5 Å². The molecule has 0 unspecified atom stereocenters. The van der Waals surface area contributed by atoms with Crippen molar-refractivity contribution >= 4 is 44.3 Å². The standard InChI is InChI=1S/C31H30F3N5O3S/c1-42-23-11-13-39(14-12-23)17-21-8-7-20(16-24(21)31(32,33)34)28(41)35-22-4-2-3-19(15-22)25-9-10-26-29(36-25)43-30(37-26)38-27(40)18-5-6-18/h2-4,7-10,15-16,18,23H,5-6,11-14,17H2,1H3,(H,35,41)(H,37,38,40). The molecule has 1 saturated heterocycles. The molecule has 2 fully saturated rings. The van der Waals surface area contributed by atoms with E-state index >= 15 is 0 Å². The number of aromatic nitrogens is 2. The van der Waals surface area contributed by atoms with Crippen molar-refractivity contribution in [2.24, 2.45) is 5.92 Å². The van der Waals surface area contributed by atoms with Crippen LogP contribution in [-0.2, 0) is 22.3 Å². The van der Waals surface area contributed by atoms with E-state index in [1.807, 2.05) is 17.0 Å². The van der Waals surface area contributed by atoms with E-state index in [-0.39, 0.29) is 35.6 Å². The average Bonchev–Trinajstić information content (AvgIpc) is 3.77. The molecule has 2 aliphatic rings. The number of alkyl halides is 3. The van der Waals surface area contributed by atoms with E-state index in [2.05, 4.69) is 20.6 Å². The third kappa shape index (κ3) is 6.87. The Morgan fingerprint density at radius 1 is 1.00 bits per heavy atom. The van der Waals surface area contributed by atoms with Gasteiger partial charge in [0.15, 0.2) is 5.13 Å². The molecule has 8 nitrogen and oxygen atoms in total. The van der Waals surface area contributed by atoms with Crippen LogP contribution in [0, 0.1) is 5.92 Å². The first-order chi connectivity index (χ1) is 20.7. The van der Waals surface area contributed by atoms with Crippen LogP contribution < -0.4 is 10.6 Å². The number of benzene rings is 2. The number of carbonyl (C=O) groups is 2. The molecule has 1 saturated carbocycles. The van der Waals surface area contributed by atoms with Crippen LogP contribution in [0.3, 0.4) is 0 Å². The third-order valence-electron chi connectivity index (χ3n) is 7.79. The maximum absolute atomic E-state index is 14.0. The fraction of sp³-hybridized carbons (Fsp3) is 0.355. The van der Waals surface area contributed by atoms with Crippen molar-refractivity contribution in [1.82, 2.24) is 14.9 Å². The number of anilines is 2. The normalized spacial score (nSPS) is 16.4. The minimum Gasteiger partial charge on any atom is -0.381 e. The number of pyridine rings is 1. The first-order valence-corrected chi connectivity index (χ1v) is 14.9. The number of carbonyl (C=O) groups excluding carboxylic acids is 2. The van der Waals surface area contributed by atoms with Gasteiger partial charge in [-0.1, -0.05) is 29.5 Å². The predicted octanol–water partition coefficient (Wildman–Crippen LogP) is 6.59. The molecule has 224 valence electrons. The van der Waals surface area contributed by atoms with Gasteiger partial charge in [-0.3, -0.25) is 14.5 Å². The van der Waals surface area contributed by atoms with Gasteiger partial charge in [0.1, 0.15) is 10.3 Å². The first-order valence-electron chi connectivity index (χ1n) is 14.1. The Morgan fingerprint density at radius 2 is 1.79 bits per heavy atom. The number of piperidine rings is 1. The monoisotopic (exact) mass is 609 g/mol. The zero-order chi connectivity index (χ0) is 30.1. The van der Waals surface area contributed by atoms with Gasteiger partial charge in [0.05, 0.1) is 17.4 Å². The Labute approximate surface area is 250 Å². The Bertz CT molecular complexity index is 1660. The van der Waals surface area contributed by atoms with Crippen LogP contribution in [0.15, 0.2) is 54.6 Å². The van der Waals surface area contributed by atoms with Crippen LogP contribution in [-0.4, -0.2) is 53.0 Å². The number of fused-ring (bicyclic) bond motifs is 1. The lowest BCUT2D eigenvalue weighted by atomic mass is 10.0. The second-order valence-corrected chi connectivity index (χ2v) is 11.9. The molecular formula is C31H30F3N5O3S. The molecule has 43 heavy (non-hydrogen) atoms. The summed E-state index contributed by atoms with van der Waals surface area (Å²) < 4.78 is 47.5. The number of thiazole rings is 1. The van der Waals surface area contributed by atoms with Gasteiger partial charge in [0, 0.05) is 49.5 Å². The van der Waals surface area contributed by atoms with Crippen molar-refractivity contribution in [3.8, 4) is 11.3 Å². The van der Waals surface area contributed by atoms with E-state index in [1.54, 1.807) is 31.4 Å². The fourth-order valence-electron chi connectivity index (χ4n) is 5.21. The number of methoxy groups -OCH3 is 1. The molecule has 2 aromatic heterocycles. The largest absolute Gasteiger partial charge is 0.416 e. The number of hydrogen-bond acceptors (Lipinski definition) is 7. The highest BCUT2D eigenvalue weighted by molar-refractivity contribution is 7.22. The lowest BCUT2D eigenvalue weighted by molar-refractivity contribution is -0.138. The van der Waals surface area contributed by atoms with Gasteiger partial charge in [0.25, 0.3) is 5.91 Å². The van der Waals surface area contributed by atoms with Crippen molar-refractivity contribution in [3.05, 3.63) is 71.3 Å². The number of hydrogen-bond donors (Lipinski definition) is 2. The summed E-state index contributed by atoms with van der Waals surface area (Å²) in [5.41, 5.74) is 1.67. The van der Waals surface area contributed by atoms with Gasteiger partial charge in [-0.15, -0.1) is 0 Å². The van der Waals surface area contributed by atoms with Gasteiger partial charge in [0.2, 0.25) is 5.91 Å². The number of amides is 2. The molecule has 2 amide bonds. The Hall–Kier alpha value is -3.87. The number of nitrogens with one attached hydrogen (secondary N) is 2. The highest BCUT2D eigenvalue weighted by atomic mass is 32.1. The van der Waals surface area contributed by atoms with E-state index < -0.39 is 17.6 Å². The molecule has 3 heterocycles. The van der Waals surface area contributed by atoms with Gasteiger partial charge in [-0.25, -0.2) is 9.97 Å². The molecule has 1 aliphatic carbocycles. The predicted molar refractivity (Wildman–Crippen MR) is 159 cm³/mol. The molecule has 0 radical (unpaired) electrons. The number of rotatable bonds is 8. The van der Waals surface area contributed by atoms with E-state index in [4.69, 9.17) is 4.74 Å². The number of ether oxygens (including phenoxy) is 1. The molecule has 0 spiro atoms. The maximum Gasteiger partial charge on any atom is 0.416 e. The van der Waals surface area contributed by atoms with Crippen molar-refractivity contribution in [1.29, 1.82) is 0 Å². The lowest BCUT2D eigenvalue weighted by Crippen LogP contribution is -2.36. The van der Waals surface area contributed by atoms with E-state index in [0.717, 1.165) is 31.7 Å². The minimum atomic E-state index is -4.60. The lowest BCUT2D eigenvalue weighted by Gasteiger charge is -2.31. The summed E-state index contributed by atoms with van der Waals surface area (Å²) in [5, 5.41) is 6.06. The van der Waals surface area contributed by atoms with Crippen LogP contribution in [0.1, 0.15) is 47.2 Å². The Kier molecular flexibility index (Phi) is 8.17. The van der Waals surface area contributed by atoms with Gasteiger partial charge >= 0.3 is 6.18 Å². The summed E-state index contributed by atoms with van der Waals surface area (Å²) >= 11 is 1.28. The fourth-order valence-corrected chi connectivity index (χ4v) is 6.05. The Balaban J connectivity index is 1.17. The van der Waals surface area contributed by atoms with Crippen LogP contribution in [0.4, 0.5) is 24.0 Å². The van der Waals surface area contributed by atoms with Gasteiger partial charge in [-0.2, -0.15) is 13.2 Å². The van der Waals surface area contributed by atoms with E-state index in [1.165, 1.54) is 23.5 Å². The maximum atomic E-state index is 14.0. The van der Waals surface area contributed by atoms with Crippen LogP contribution >= 0.6 is 11.3 Å². The minimum absolute atomic E-state index is 0.0256. The first kappa shape index (κ1) is 29.2. The highest BCUT2D eigenvalue weighted by Gasteiger charge is 2.35. The second-order valence-electron chi connectivity index (χ2n) is 10.9. The van der Waals surface area contributed by atoms with Gasteiger partial charge in [-0.05, 0) is 67.6 Å². The van der Waals surface area contributed by atoms with Crippen molar-refractivity contribution in [3.63, 3.8) is 0 Å². The second kappa shape index (κ2) is 12.0. The summed E-state index contributed by atoms with van der Waals surface area (Å²) in [6, 6.07) is 14.3. The van der Waals surface area contributed by atoms with Gasteiger partial charge < -0.3 is 15.4 Å². The Morgan fingerprint density at radius 3 is 2.51 bits per heavy atom. The zero-order valence-corrected chi connectivity index (χ0v) is 24.2. The quantitative estimate of drug-likeness (QED) is 0.234. The molecule has 4 aromatic rings. The van der Waals surface area contributed by atoms with Crippen LogP contribution in [0.2, 0.25) is 0 Å². The molecule has 1 aliphatic heterocycles. The topological polar surface area (TPSA) is 96.5 Å². The number of likely N-dealkylation sites (tertiary alicyclic amines) is 1. The van der Waals surface area contributed by atoms with E-state index in [9.17, 15) is 22.8 Å². The SMILES string of the molecule is COC1CCN(Cc2ccc(C(=O)Nc3cccc(-c4ccc5nc(NC(=O)C6CC6)sc5n4)c3)cc2C(F)(F)F)CC1. The van der Waals surface area contributed by atoms with Crippen molar-refractivity contribution in [2.75, 3.05) is 30.8 Å². The highest BCUT2D eigenvalue weighted by Crippen LogP contribution is 2.35. The molecule has 2 N–H and O–H groups in total. The smallest absolute Gasteiger partial charge is 0.381 e. The molecular weight excluding hydrogens is 579 g/mol. The van der Waals surface area contributed by atoms with Crippen LogP contribution in [0.5, 0.6) is 0 Å². The summed E-state index contributed by atoms with van der Waals surface area (Å²) in [6.45, 7) is 1.45. The molecule has 0 bridgehead atoms. The van der Waals surface area contributed by atoms with Crippen molar-refractivity contribution in [2.45, 2.75) is 44.5 Å². The molecule has 12 heteroatoms. The third-order valence-corrected chi connectivity index (χ3v) is 8.67. The number of halogens is 3. The average molecular weight is 610 g/mol. The number of nitrogens with zero attached hydrogens (tertiary/aromatic N) is 3. The molecule has 0 atom stereocenters. The van der Waals surface area contributed by atoms with E-state index in [0.29, 0.717) is 45.5 Å². The summed E-state index contributed by atoms with van der Waals surface area (Å²) in [6.07, 6.45) is -1.13.